The molecule has 15 heavy (non-hydrogen) atoms. The zero-order valence-corrected chi connectivity index (χ0v) is 9.23. The Kier molecular flexibility index (Phi) is 2.64. The summed E-state index contributed by atoms with van der Waals surface area (Å²) in [7, 11) is 1.78. The van der Waals surface area contributed by atoms with Crippen LogP contribution >= 0.6 is 11.3 Å². The Labute approximate surface area is 91.0 Å². The number of nitrogens with zero attached hydrogens (tertiary/aromatic N) is 2. The van der Waals surface area contributed by atoms with Crippen LogP contribution in [0.1, 0.15) is 5.56 Å². The van der Waals surface area contributed by atoms with Gasteiger partial charge in [-0.15, -0.1) is 10.2 Å². The average Bonchev–Trinajstić information content (AvgIpc) is 2.70. The number of rotatable bonds is 2. The van der Waals surface area contributed by atoms with Crippen molar-refractivity contribution in [1.82, 2.24) is 10.2 Å². The Morgan fingerprint density at radius 2 is 2.13 bits per heavy atom. The molecule has 5 heteroatoms. The Morgan fingerprint density at radius 3 is 2.80 bits per heavy atom. The molecule has 2 aromatic rings. The van der Waals surface area contributed by atoms with Gasteiger partial charge in [0.05, 0.1) is 0 Å². The first-order chi connectivity index (χ1) is 7.20. The van der Waals surface area contributed by atoms with Gasteiger partial charge in [-0.2, -0.15) is 0 Å². The average molecular weight is 223 g/mol. The third-order valence-electron chi connectivity index (χ3n) is 2.07. The number of benzene rings is 1. The molecule has 1 aromatic carbocycles. The van der Waals surface area contributed by atoms with Crippen molar-refractivity contribution in [2.75, 3.05) is 12.4 Å². The molecule has 0 amide bonds. The van der Waals surface area contributed by atoms with Gasteiger partial charge in [0.2, 0.25) is 5.13 Å². The lowest BCUT2D eigenvalue weighted by molar-refractivity contribution is 0.628. The minimum absolute atomic E-state index is 0.253. The van der Waals surface area contributed by atoms with Crippen LogP contribution in [-0.2, 0) is 0 Å². The second-order valence-electron chi connectivity index (χ2n) is 3.12. The third kappa shape index (κ3) is 1.97. The highest BCUT2D eigenvalue weighted by Crippen LogP contribution is 2.28. The predicted molar refractivity (Wildman–Crippen MR) is 59.6 cm³/mol. The van der Waals surface area contributed by atoms with Crippen LogP contribution in [0.25, 0.3) is 10.6 Å². The highest BCUT2D eigenvalue weighted by atomic mass is 32.1. The monoisotopic (exact) mass is 223 g/mol. The summed E-state index contributed by atoms with van der Waals surface area (Å²) in [4.78, 5) is 0. The SMILES string of the molecule is CNc1nnc(-c2cc(F)ccc2C)s1. The minimum Gasteiger partial charge on any atom is -0.363 e. The molecule has 0 fully saturated rings. The van der Waals surface area contributed by atoms with Gasteiger partial charge in [-0.05, 0) is 24.6 Å². The van der Waals surface area contributed by atoms with Gasteiger partial charge in [0, 0.05) is 12.6 Å². The molecule has 2 rings (SSSR count). The molecular weight excluding hydrogens is 213 g/mol. The van der Waals surface area contributed by atoms with Crippen LogP contribution in [0.3, 0.4) is 0 Å². The third-order valence-corrected chi connectivity index (χ3v) is 3.04. The lowest BCUT2D eigenvalue weighted by Gasteiger charge is -2.00. The van der Waals surface area contributed by atoms with Crippen LogP contribution in [-0.4, -0.2) is 17.2 Å². The lowest BCUT2D eigenvalue weighted by atomic mass is 10.1. The zero-order chi connectivity index (χ0) is 10.8. The largest absolute Gasteiger partial charge is 0.363 e. The van der Waals surface area contributed by atoms with Crippen molar-refractivity contribution >= 4 is 16.5 Å². The van der Waals surface area contributed by atoms with Gasteiger partial charge in [-0.25, -0.2) is 4.39 Å². The van der Waals surface area contributed by atoms with Crippen LogP contribution in [0, 0.1) is 12.7 Å². The maximum atomic E-state index is 13.1. The normalized spacial score (nSPS) is 10.3. The number of hydrogen-bond donors (Lipinski definition) is 1. The molecule has 0 aliphatic rings. The predicted octanol–water partition coefficient (Wildman–Crippen LogP) is 2.69. The Balaban J connectivity index is 2.48. The van der Waals surface area contributed by atoms with E-state index < -0.39 is 0 Å². The lowest BCUT2D eigenvalue weighted by Crippen LogP contribution is -1.85. The second-order valence-corrected chi connectivity index (χ2v) is 4.10. The van der Waals surface area contributed by atoms with Crippen LogP contribution < -0.4 is 5.32 Å². The van der Waals surface area contributed by atoms with E-state index in [9.17, 15) is 4.39 Å². The molecular formula is C10H10FN3S. The van der Waals surface area contributed by atoms with E-state index in [0.717, 1.165) is 21.3 Å². The first-order valence-corrected chi connectivity index (χ1v) is 5.30. The minimum atomic E-state index is -0.253. The fourth-order valence-corrected chi connectivity index (χ4v) is 2.04. The number of nitrogens with one attached hydrogen (secondary N) is 1. The Morgan fingerprint density at radius 1 is 1.33 bits per heavy atom. The van der Waals surface area contributed by atoms with E-state index in [1.807, 2.05) is 6.92 Å². The summed E-state index contributed by atoms with van der Waals surface area (Å²) in [6, 6.07) is 4.67. The van der Waals surface area contributed by atoms with Crippen molar-refractivity contribution in [3.05, 3.63) is 29.6 Å². The fraction of sp³-hybridized carbons (Fsp3) is 0.200. The molecule has 0 radical (unpaired) electrons. The molecule has 3 nitrogen and oxygen atoms in total. The van der Waals surface area contributed by atoms with E-state index in [1.165, 1.54) is 23.5 Å². The molecule has 0 aliphatic carbocycles. The van der Waals surface area contributed by atoms with Gasteiger partial charge < -0.3 is 5.32 Å². The van der Waals surface area contributed by atoms with E-state index in [-0.39, 0.29) is 5.82 Å². The first kappa shape index (κ1) is 10.0. The summed E-state index contributed by atoms with van der Waals surface area (Å²) < 4.78 is 13.1. The molecule has 0 aliphatic heterocycles. The van der Waals surface area contributed by atoms with Gasteiger partial charge in [0.15, 0.2) is 0 Å². The van der Waals surface area contributed by atoms with E-state index in [2.05, 4.69) is 15.5 Å². The molecule has 0 unspecified atom stereocenters. The molecule has 78 valence electrons. The number of halogens is 1. The van der Waals surface area contributed by atoms with E-state index in [1.54, 1.807) is 13.1 Å². The van der Waals surface area contributed by atoms with Crippen molar-refractivity contribution in [2.24, 2.45) is 0 Å². The molecule has 0 bridgehead atoms. The van der Waals surface area contributed by atoms with Gasteiger partial charge in [-0.3, -0.25) is 0 Å². The summed E-state index contributed by atoms with van der Waals surface area (Å²) in [6.07, 6.45) is 0. The maximum Gasteiger partial charge on any atom is 0.205 e. The standard InChI is InChI=1S/C10H10FN3S/c1-6-3-4-7(11)5-8(6)9-13-14-10(12-2)15-9/h3-5H,1-2H3,(H,12,14). The van der Waals surface area contributed by atoms with Gasteiger partial charge >= 0.3 is 0 Å². The van der Waals surface area contributed by atoms with Crippen molar-refractivity contribution in [1.29, 1.82) is 0 Å². The fourth-order valence-electron chi connectivity index (χ4n) is 1.26. The topological polar surface area (TPSA) is 37.8 Å². The Bertz CT molecular complexity index is 481. The van der Waals surface area contributed by atoms with Crippen LogP contribution in [0.4, 0.5) is 9.52 Å². The van der Waals surface area contributed by atoms with Crippen molar-refractivity contribution < 1.29 is 4.39 Å². The van der Waals surface area contributed by atoms with E-state index in [4.69, 9.17) is 0 Å². The molecule has 1 heterocycles. The van der Waals surface area contributed by atoms with E-state index in [0.29, 0.717) is 0 Å². The molecule has 1 aromatic heterocycles. The molecule has 0 saturated carbocycles. The molecule has 1 N–H and O–H groups in total. The number of aromatic nitrogens is 2. The van der Waals surface area contributed by atoms with Crippen LogP contribution in [0.2, 0.25) is 0 Å². The summed E-state index contributed by atoms with van der Waals surface area (Å²) in [5.41, 5.74) is 1.80. The summed E-state index contributed by atoms with van der Waals surface area (Å²) in [6.45, 7) is 1.93. The zero-order valence-electron chi connectivity index (χ0n) is 8.41. The number of aryl methyl sites for hydroxylation is 1. The summed E-state index contributed by atoms with van der Waals surface area (Å²) >= 11 is 1.41. The van der Waals surface area contributed by atoms with Crippen LogP contribution in [0.15, 0.2) is 18.2 Å². The molecule has 0 saturated heterocycles. The number of anilines is 1. The highest BCUT2D eigenvalue weighted by molar-refractivity contribution is 7.18. The quantitative estimate of drug-likeness (QED) is 0.850. The van der Waals surface area contributed by atoms with Crippen LogP contribution in [0.5, 0.6) is 0 Å². The number of hydrogen-bond acceptors (Lipinski definition) is 4. The van der Waals surface area contributed by atoms with E-state index >= 15 is 0 Å². The Hall–Kier alpha value is -1.49. The maximum absolute atomic E-state index is 13.1. The molecule has 0 atom stereocenters. The summed E-state index contributed by atoms with van der Waals surface area (Å²) in [5.74, 6) is -0.253. The van der Waals surface area contributed by atoms with Gasteiger partial charge in [-0.1, -0.05) is 17.4 Å². The summed E-state index contributed by atoms with van der Waals surface area (Å²) in [5, 5.41) is 12.3. The smallest absolute Gasteiger partial charge is 0.205 e. The van der Waals surface area contributed by atoms with Crippen molar-refractivity contribution in [2.45, 2.75) is 6.92 Å². The first-order valence-electron chi connectivity index (χ1n) is 4.48. The van der Waals surface area contributed by atoms with Gasteiger partial charge in [0.1, 0.15) is 10.8 Å². The van der Waals surface area contributed by atoms with Crippen molar-refractivity contribution in [3.8, 4) is 10.6 Å². The second kappa shape index (κ2) is 3.94. The van der Waals surface area contributed by atoms with Gasteiger partial charge in [0.25, 0.3) is 0 Å². The van der Waals surface area contributed by atoms with Crippen molar-refractivity contribution in [3.63, 3.8) is 0 Å². The molecule has 0 spiro atoms. The highest BCUT2D eigenvalue weighted by Gasteiger charge is 2.09.